The maximum absolute atomic E-state index is 12.2. The van der Waals surface area contributed by atoms with Crippen LogP contribution in [0, 0.1) is 0 Å². The number of thiophene rings is 1. The van der Waals surface area contributed by atoms with Crippen molar-refractivity contribution in [2.24, 2.45) is 0 Å². The Morgan fingerprint density at radius 2 is 2.10 bits per heavy atom. The fourth-order valence-corrected chi connectivity index (χ4v) is 4.58. The molecule has 0 bridgehead atoms. The molecule has 2 rings (SSSR count). The third-order valence-electron chi connectivity index (χ3n) is 2.46. The van der Waals surface area contributed by atoms with Gasteiger partial charge in [-0.15, -0.1) is 21.5 Å². The Morgan fingerprint density at radius 1 is 1.30 bits per heavy atom. The van der Waals surface area contributed by atoms with E-state index in [-0.39, 0.29) is 0 Å². The summed E-state index contributed by atoms with van der Waals surface area (Å²) in [4.78, 5) is 0. The fraction of sp³-hybridized carbons (Fsp3) is 0.455. The highest BCUT2D eigenvalue weighted by Gasteiger charge is 2.19. The summed E-state index contributed by atoms with van der Waals surface area (Å²) in [5.74, 6) is 0. The van der Waals surface area contributed by atoms with Crippen LogP contribution in [0.15, 0.2) is 15.7 Å². The zero-order chi connectivity index (χ0) is 14.6. The minimum absolute atomic E-state index is 0.290. The smallest absolute Gasteiger partial charge is 0.273 e. The van der Waals surface area contributed by atoms with E-state index >= 15 is 0 Å². The van der Waals surface area contributed by atoms with Gasteiger partial charge in [-0.2, -0.15) is 0 Å². The Kier molecular flexibility index (Phi) is 5.08. The molecule has 0 aliphatic heterocycles. The zero-order valence-corrected chi connectivity index (χ0v) is 13.7. The number of rotatable bonds is 7. The van der Waals surface area contributed by atoms with E-state index in [1.54, 1.807) is 6.07 Å². The van der Waals surface area contributed by atoms with Crippen LogP contribution in [0.2, 0.25) is 0 Å². The van der Waals surface area contributed by atoms with Gasteiger partial charge >= 0.3 is 0 Å². The summed E-state index contributed by atoms with van der Waals surface area (Å²) >= 11 is 2.46. The van der Waals surface area contributed by atoms with Gasteiger partial charge < -0.3 is 5.32 Å². The maximum atomic E-state index is 12.2. The van der Waals surface area contributed by atoms with E-state index in [0.29, 0.717) is 15.9 Å². The second-order valence-electron chi connectivity index (χ2n) is 4.01. The summed E-state index contributed by atoms with van der Waals surface area (Å²) < 4.78 is 27.2. The number of hydrogen-bond acceptors (Lipinski definition) is 7. The minimum atomic E-state index is -3.56. The molecule has 2 heterocycles. The van der Waals surface area contributed by atoms with Crippen LogP contribution in [0.3, 0.4) is 0 Å². The highest BCUT2D eigenvalue weighted by atomic mass is 32.2. The average molecular weight is 332 g/mol. The molecule has 20 heavy (non-hydrogen) atoms. The number of nitrogens with zero attached hydrogens (tertiary/aromatic N) is 2. The van der Waals surface area contributed by atoms with Crippen molar-refractivity contribution in [1.29, 1.82) is 0 Å². The van der Waals surface area contributed by atoms with Crippen LogP contribution in [0.1, 0.15) is 24.4 Å². The Bertz CT molecular complexity index is 663. The highest BCUT2D eigenvalue weighted by molar-refractivity contribution is 7.94. The third kappa shape index (κ3) is 3.75. The van der Waals surface area contributed by atoms with E-state index in [0.717, 1.165) is 23.5 Å². The first-order valence-electron chi connectivity index (χ1n) is 6.18. The minimum Gasteiger partial charge on any atom is -0.313 e. The summed E-state index contributed by atoms with van der Waals surface area (Å²) in [6.07, 6.45) is 0.741. The van der Waals surface area contributed by atoms with Crippen LogP contribution in [-0.2, 0) is 23.0 Å². The molecule has 0 aliphatic rings. The largest absolute Gasteiger partial charge is 0.313 e. The van der Waals surface area contributed by atoms with Crippen LogP contribution < -0.4 is 10.0 Å². The Labute approximate surface area is 126 Å². The van der Waals surface area contributed by atoms with Gasteiger partial charge in [0.15, 0.2) is 0 Å². The lowest BCUT2D eigenvalue weighted by molar-refractivity contribution is 0.603. The summed E-state index contributed by atoms with van der Waals surface area (Å²) in [7, 11) is -3.56. The van der Waals surface area contributed by atoms with Gasteiger partial charge in [0, 0.05) is 6.54 Å². The Hall–Kier alpha value is -1.03. The third-order valence-corrected chi connectivity index (χ3v) is 6.40. The molecule has 9 heteroatoms. The van der Waals surface area contributed by atoms with E-state index in [9.17, 15) is 8.42 Å². The predicted molar refractivity (Wildman–Crippen MR) is 81.8 cm³/mol. The Balaban J connectivity index is 2.11. The van der Waals surface area contributed by atoms with Crippen LogP contribution in [0.5, 0.6) is 0 Å². The molecule has 0 unspecified atom stereocenters. The fourth-order valence-electron chi connectivity index (χ4n) is 1.46. The van der Waals surface area contributed by atoms with Crippen molar-refractivity contribution in [2.75, 3.05) is 11.3 Å². The summed E-state index contributed by atoms with van der Waals surface area (Å²) in [5, 5.41) is 13.8. The van der Waals surface area contributed by atoms with Crippen molar-refractivity contribution in [3.8, 4) is 0 Å². The molecule has 2 aromatic heterocycles. The number of anilines is 1. The molecule has 0 amide bonds. The van der Waals surface area contributed by atoms with Gasteiger partial charge in [-0.25, -0.2) is 8.42 Å². The van der Waals surface area contributed by atoms with E-state index in [2.05, 4.69) is 20.2 Å². The quantitative estimate of drug-likeness (QED) is 0.811. The second kappa shape index (κ2) is 6.61. The van der Waals surface area contributed by atoms with Crippen LogP contribution >= 0.6 is 22.7 Å². The number of sulfonamides is 1. The molecule has 110 valence electrons. The highest BCUT2D eigenvalue weighted by Crippen LogP contribution is 2.24. The molecule has 0 spiro atoms. The standard InChI is InChI=1S/C11H16N4O2S3/c1-3-9-13-14-11(19-9)15-20(16,17)10-5-8(7-18-10)6-12-4-2/h5,7,12H,3-4,6H2,1-2H3,(H,14,15). The van der Waals surface area contributed by atoms with Crippen molar-refractivity contribution < 1.29 is 8.42 Å². The van der Waals surface area contributed by atoms with E-state index in [1.165, 1.54) is 22.7 Å². The molecule has 0 radical (unpaired) electrons. The van der Waals surface area contributed by atoms with Gasteiger partial charge in [0.25, 0.3) is 10.0 Å². The monoisotopic (exact) mass is 332 g/mol. The van der Waals surface area contributed by atoms with Crippen LogP contribution in [0.25, 0.3) is 0 Å². The SMILES string of the molecule is CCNCc1csc(S(=O)(=O)Nc2nnc(CC)s2)c1. The molecular weight excluding hydrogens is 316 g/mol. The number of aryl methyl sites for hydroxylation is 1. The van der Waals surface area contributed by atoms with Gasteiger partial charge in [-0.1, -0.05) is 25.2 Å². The van der Waals surface area contributed by atoms with Crippen LogP contribution in [-0.4, -0.2) is 25.2 Å². The van der Waals surface area contributed by atoms with Crippen LogP contribution in [0.4, 0.5) is 5.13 Å². The molecule has 0 aliphatic carbocycles. The molecule has 6 nitrogen and oxygen atoms in total. The van der Waals surface area contributed by atoms with Crippen molar-refractivity contribution in [3.63, 3.8) is 0 Å². The lowest BCUT2D eigenvalue weighted by Crippen LogP contribution is -2.12. The predicted octanol–water partition coefficient (Wildman–Crippen LogP) is 2.07. The van der Waals surface area contributed by atoms with Gasteiger partial charge in [-0.3, -0.25) is 4.72 Å². The summed E-state index contributed by atoms with van der Waals surface area (Å²) in [6.45, 7) is 5.47. The second-order valence-corrected chi connectivity index (χ2v) is 7.90. The lowest BCUT2D eigenvalue weighted by atomic mass is 10.3. The summed E-state index contributed by atoms with van der Waals surface area (Å²) in [5.41, 5.74) is 0.962. The summed E-state index contributed by atoms with van der Waals surface area (Å²) in [6, 6.07) is 1.68. The first-order chi connectivity index (χ1) is 9.55. The van der Waals surface area contributed by atoms with Crippen molar-refractivity contribution in [1.82, 2.24) is 15.5 Å². The normalized spacial score (nSPS) is 11.7. The first-order valence-corrected chi connectivity index (χ1v) is 9.36. The van der Waals surface area contributed by atoms with Crippen molar-refractivity contribution >= 4 is 37.8 Å². The molecule has 0 saturated carbocycles. The molecule has 2 N–H and O–H groups in total. The van der Waals surface area contributed by atoms with E-state index in [4.69, 9.17) is 0 Å². The molecule has 0 atom stereocenters. The van der Waals surface area contributed by atoms with Gasteiger partial charge in [0.05, 0.1) is 0 Å². The molecule has 0 saturated heterocycles. The molecular formula is C11H16N4O2S3. The van der Waals surface area contributed by atoms with Crippen molar-refractivity contribution in [3.05, 3.63) is 22.0 Å². The van der Waals surface area contributed by atoms with Crippen molar-refractivity contribution in [2.45, 2.75) is 31.0 Å². The number of aromatic nitrogens is 2. The lowest BCUT2D eigenvalue weighted by Gasteiger charge is -2.01. The average Bonchev–Trinajstić information content (AvgIpc) is 3.04. The first kappa shape index (κ1) is 15.4. The zero-order valence-electron chi connectivity index (χ0n) is 11.2. The molecule has 0 aromatic carbocycles. The topological polar surface area (TPSA) is 84.0 Å². The van der Waals surface area contributed by atoms with Gasteiger partial charge in [-0.05, 0) is 30.0 Å². The van der Waals surface area contributed by atoms with Gasteiger partial charge in [0.1, 0.15) is 9.22 Å². The maximum Gasteiger partial charge on any atom is 0.273 e. The number of hydrogen-bond donors (Lipinski definition) is 2. The number of nitrogens with one attached hydrogen (secondary N) is 2. The Morgan fingerprint density at radius 3 is 2.75 bits per heavy atom. The molecule has 2 aromatic rings. The van der Waals surface area contributed by atoms with Gasteiger partial charge in [0.2, 0.25) is 5.13 Å². The molecule has 0 fully saturated rings. The van der Waals surface area contributed by atoms with E-state index < -0.39 is 10.0 Å². The van der Waals surface area contributed by atoms with E-state index in [1.807, 2.05) is 19.2 Å².